The molecule has 8 nitrogen and oxygen atoms in total. The minimum atomic E-state index is -2.09. The predicted molar refractivity (Wildman–Crippen MR) is 104 cm³/mol. The topological polar surface area (TPSA) is 114 Å². The number of hydrogen-bond acceptors (Lipinski definition) is 6. The van der Waals surface area contributed by atoms with Crippen molar-refractivity contribution < 1.29 is 19.4 Å². The standard InChI is InChI=1S/C18H30N2O6Si/c1-7-9-18(24)14(22)12(11-25-27(5,6)17(2,3)4)26-15(18)20-10-8-13(21)19-16(20)23/h7-10,12,14-15,22,24H,11H2,1-6H3,(H,19,21,23)/b9-7+/t12-,14-,15-,18+/m1/s1. The number of hydrogen-bond donors (Lipinski definition) is 3. The van der Waals surface area contributed by atoms with Crippen molar-refractivity contribution in [1.29, 1.82) is 0 Å². The quantitative estimate of drug-likeness (QED) is 0.506. The van der Waals surface area contributed by atoms with Gasteiger partial charge >= 0.3 is 5.69 Å². The number of ether oxygens (including phenoxy) is 1. The Hall–Kier alpha value is -1.52. The van der Waals surface area contributed by atoms with E-state index in [0.717, 1.165) is 10.6 Å². The van der Waals surface area contributed by atoms with E-state index in [2.05, 4.69) is 38.8 Å². The Labute approximate surface area is 159 Å². The first-order chi connectivity index (χ1) is 12.3. The number of aliphatic hydroxyl groups is 2. The van der Waals surface area contributed by atoms with E-state index >= 15 is 0 Å². The van der Waals surface area contributed by atoms with Crippen LogP contribution in [0, 0.1) is 0 Å². The van der Waals surface area contributed by atoms with Crippen LogP contribution >= 0.6 is 0 Å². The van der Waals surface area contributed by atoms with E-state index in [-0.39, 0.29) is 11.6 Å². The molecule has 0 saturated carbocycles. The molecule has 1 aromatic rings. The number of aromatic amines is 1. The number of aromatic nitrogens is 2. The lowest BCUT2D eigenvalue weighted by Gasteiger charge is -2.37. The summed E-state index contributed by atoms with van der Waals surface area (Å²) in [5, 5.41) is 21.8. The molecule has 9 heteroatoms. The molecule has 1 saturated heterocycles. The first-order valence-corrected chi connectivity index (χ1v) is 11.9. The van der Waals surface area contributed by atoms with E-state index in [0.29, 0.717) is 0 Å². The van der Waals surface area contributed by atoms with Crippen molar-refractivity contribution >= 4 is 8.32 Å². The van der Waals surface area contributed by atoms with Crippen LogP contribution in [0.3, 0.4) is 0 Å². The van der Waals surface area contributed by atoms with Gasteiger partial charge in [0.1, 0.15) is 12.2 Å². The van der Waals surface area contributed by atoms with Crippen LogP contribution in [-0.4, -0.2) is 52.5 Å². The number of nitrogens with zero attached hydrogens (tertiary/aromatic N) is 1. The molecule has 0 unspecified atom stereocenters. The van der Waals surface area contributed by atoms with Crippen molar-refractivity contribution in [3.8, 4) is 0 Å². The van der Waals surface area contributed by atoms with Crippen LogP contribution < -0.4 is 11.2 Å². The maximum Gasteiger partial charge on any atom is 0.330 e. The highest BCUT2D eigenvalue weighted by Gasteiger charge is 2.55. The number of H-pyrrole nitrogens is 1. The molecule has 27 heavy (non-hydrogen) atoms. The van der Waals surface area contributed by atoms with Gasteiger partial charge in [-0.2, -0.15) is 0 Å². The van der Waals surface area contributed by atoms with E-state index in [4.69, 9.17) is 9.16 Å². The highest BCUT2D eigenvalue weighted by atomic mass is 28.4. The molecular formula is C18H30N2O6Si. The van der Waals surface area contributed by atoms with Gasteiger partial charge in [-0.1, -0.05) is 32.9 Å². The summed E-state index contributed by atoms with van der Waals surface area (Å²) >= 11 is 0. The molecule has 4 atom stereocenters. The number of allylic oxidation sites excluding steroid dienone is 1. The van der Waals surface area contributed by atoms with Crippen LogP contribution in [0.1, 0.15) is 33.9 Å². The van der Waals surface area contributed by atoms with Gasteiger partial charge in [-0.05, 0) is 25.1 Å². The zero-order chi connectivity index (χ0) is 20.6. The lowest BCUT2D eigenvalue weighted by Crippen LogP contribution is -2.49. The van der Waals surface area contributed by atoms with Crippen molar-refractivity contribution in [3.63, 3.8) is 0 Å². The third-order valence-corrected chi connectivity index (χ3v) is 9.98. The average molecular weight is 399 g/mol. The summed E-state index contributed by atoms with van der Waals surface area (Å²) in [7, 11) is -2.09. The summed E-state index contributed by atoms with van der Waals surface area (Å²) in [6, 6.07) is 1.16. The zero-order valence-electron chi connectivity index (χ0n) is 16.7. The van der Waals surface area contributed by atoms with Gasteiger partial charge in [0.25, 0.3) is 5.56 Å². The normalized spacial score (nSPS) is 29.6. The first-order valence-electron chi connectivity index (χ1n) is 8.98. The fraction of sp³-hybridized carbons (Fsp3) is 0.667. The molecular weight excluding hydrogens is 368 g/mol. The molecule has 1 aliphatic rings. The van der Waals surface area contributed by atoms with E-state index in [1.165, 1.54) is 12.3 Å². The summed E-state index contributed by atoms with van der Waals surface area (Å²) < 4.78 is 13.0. The summed E-state index contributed by atoms with van der Waals surface area (Å²) in [5.41, 5.74) is -3.12. The Morgan fingerprint density at radius 3 is 2.56 bits per heavy atom. The molecule has 1 fully saturated rings. The Morgan fingerprint density at radius 2 is 2.04 bits per heavy atom. The summed E-state index contributed by atoms with van der Waals surface area (Å²) in [6.07, 6.45) is 0.886. The molecule has 0 radical (unpaired) electrons. The molecule has 0 aliphatic carbocycles. The van der Waals surface area contributed by atoms with Gasteiger partial charge in [-0.25, -0.2) is 4.79 Å². The molecule has 0 bridgehead atoms. The third-order valence-electron chi connectivity index (χ3n) is 5.48. The second kappa shape index (κ2) is 7.48. The van der Waals surface area contributed by atoms with Crippen LogP contribution in [0.4, 0.5) is 0 Å². The monoisotopic (exact) mass is 398 g/mol. The molecule has 1 aromatic heterocycles. The number of nitrogens with one attached hydrogen (secondary N) is 1. The van der Waals surface area contributed by atoms with Crippen molar-refractivity contribution in [3.05, 3.63) is 45.3 Å². The summed E-state index contributed by atoms with van der Waals surface area (Å²) in [5.74, 6) is 0. The Kier molecular flexibility index (Phi) is 6.03. The fourth-order valence-electron chi connectivity index (χ4n) is 2.78. The lowest BCUT2D eigenvalue weighted by atomic mass is 9.93. The molecule has 3 N–H and O–H groups in total. The van der Waals surface area contributed by atoms with Gasteiger partial charge in [0.15, 0.2) is 20.1 Å². The van der Waals surface area contributed by atoms with E-state index in [1.807, 2.05) is 0 Å². The smallest absolute Gasteiger partial charge is 0.330 e. The summed E-state index contributed by atoms with van der Waals surface area (Å²) in [4.78, 5) is 25.6. The molecule has 0 aromatic carbocycles. The first kappa shape index (κ1) is 21.8. The highest BCUT2D eigenvalue weighted by molar-refractivity contribution is 6.74. The van der Waals surface area contributed by atoms with E-state index in [1.54, 1.807) is 13.0 Å². The molecule has 1 aliphatic heterocycles. The minimum absolute atomic E-state index is 0.0224. The minimum Gasteiger partial charge on any atom is -0.414 e. The second-order valence-corrected chi connectivity index (χ2v) is 13.3. The van der Waals surface area contributed by atoms with Crippen LogP contribution in [0.15, 0.2) is 34.0 Å². The van der Waals surface area contributed by atoms with Crippen molar-refractivity contribution in [1.82, 2.24) is 9.55 Å². The van der Waals surface area contributed by atoms with Crippen LogP contribution in [-0.2, 0) is 9.16 Å². The van der Waals surface area contributed by atoms with Crippen molar-refractivity contribution in [2.75, 3.05) is 6.61 Å². The molecule has 0 spiro atoms. The number of rotatable bonds is 5. The maximum atomic E-state index is 12.2. The third kappa shape index (κ3) is 4.17. The Morgan fingerprint density at radius 1 is 1.41 bits per heavy atom. The van der Waals surface area contributed by atoms with Crippen LogP contribution in [0.5, 0.6) is 0 Å². The lowest BCUT2D eigenvalue weighted by molar-refractivity contribution is -0.0811. The highest BCUT2D eigenvalue weighted by Crippen LogP contribution is 2.41. The Bertz CT molecular complexity index is 809. The molecule has 0 amide bonds. The number of aliphatic hydroxyl groups excluding tert-OH is 1. The van der Waals surface area contributed by atoms with Gasteiger partial charge in [0, 0.05) is 12.3 Å². The van der Waals surface area contributed by atoms with Crippen LogP contribution in [0.2, 0.25) is 18.1 Å². The van der Waals surface area contributed by atoms with Gasteiger partial charge in [0.05, 0.1) is 6.61 Å². The van der Waals surface area contributed by atoms with Crippen LogP contribution in [0.25, 0.3) is 0 Å². The fourth-order valence-corrected chi connectivity index (χ4v) is 3.79. The summed E-state index contributed by atoms with van der Waals surface area (Å²) in [6.45, 7) is 12.2. The molecule has 152 valence electrons. The van der Waals surface area contributed by atoms with E-state index in [9.17, 15) is 19.8 Å². The van der Waals surface area contributed by atoms with Gasteiger partial charge in [-0.15, -0.1) is 0 Å². The van der Waals surface area contributed by atoms with Gasteiger partial charge in [0.2, 0.25) is 0 Å². The maximum absolute atomic E-state index is 12.2. The van der Waals surface area contributed by atoms with Gasteiger partial charge < -0.3 is 19.4 Å². The molecule has 2 heterocycles. The SMILES string of the molecule is C/C=C/[C@]1(O)[C@H](O)[C@@H](CO[Si](C)(C)C(C)(C)C)O[C@H]1n1ccc(=O)[nH]c1=O. The zero-order valence-corrected chi connectivity index (χ0v) is 17.7. The Balaban J connectivity index is 2.34. The van der Waals surface area contributed by atoms with Crippen molar-refractivity contribution in [2.24, 2.45) is 0 Å². The van der Waals surface area contributed by atoms with Crippen molar-refractivity contribution in [2.45, 2.75) is 69.9 Å². The van der Waals surface area contributed by atoms with E-state index < -0.39 is 43.6 Å². The average Bonchev–Trinajstić information content (AvgIpc) is 2.77. The predicted octanol–water partition coefficient (Wildman–Crippen LogP) is 1.12. The second-order valence-electron chi connectivity index (χ2n) is 8.45. The largest absolute Gasteiger partial charge is 0.414 e. The van der Waals surface area contributed by atoms with Gasteiger partial charge in [-0.3, -0.25) is 14.3 Å². The molecule has 2 rings (SSSR count).